The Morgan fingerprint density at radius 1 is 1.47 bits per heavy atom. The Morgan fingerprint density at radius 3 is 2.53 bits per heavy atom. The van der Waals surface area contributed by atoms with Crippen LogP contribution < -0.4 is 5.32 Å². The molecule has 0 saturated carbocycles. The number of aliphatic carboxylic acids is 1. The Bertz CT molecular complexity index is 338. The molecule has 1 saturated heterocycles. The number of amides is 1. The van der Waals surface area contributed by atoms with Gasteiger partial charge in [-0.05, 0) is 53.1 Å². The zero-order valence-electron chi connectivity index (χ0n) is 12.1. The molecule has 1 amide bonds. The zero-order valence-corrected chi connectivity index (χ0v) is 12.1. The van der Waals surface area contributed by atoms with Gasteiger partial charge in [0.15, 0.2) is 0 Å². The summed E-state index contributed by atoms with van der Waals surface area (Å²) in [5.74, 6) is -0.707. The third-order valence-electron chi connectivity index (χ3n) is 3.05. The van der Waals surface area contributed by atoms with Crippen LogP contribution in [-0.4, -0.2) is 53.8 Å². The molecular formula is C13H24N2O4. The number of nitrogens with zero attached hydrogens (tertiary/aromatic N) is 1. The van der Waals surface area contributed by atoms with Crippen molar-refractivity contribution >= 4 is 12.1 Å². The van der Waals surface area contributed by atoms with Crippen LogP contribution in [0.1, 0.15) is 33.6 Å². The summed E-state index contributed by atoms with van der Waals surface area (Å²) in [6.07, 6.45) is 0.737. The van der Waals surface area contributed by atoms with Crippen molar-refractivity contribution < 1.29 is 19.4 Å². The Labute approximate surface area is 114 Å². The smallest absolute Gasteiger partial charge is 0.408 e. The number of carbonyl (C=O) groups excluding carboxylic acids is 1. The topological polar surface area (TPSA) is 78.9 Å². The standard InChI is InChI=1S/C13H24N2O4/c1-13(2,3)19-12(18)14-10(11(16)17)7-9-5-6-15(4)8-9/h9-10H,5-8H2,1-4H3,(H,14,18)(H,16,17). The van der Waals surface area contributed by atoms with E-state index in [1.807, 2.05) is 7.05 Å². The average Bonchev–Trinajstić information content (AvgIpc) is 2.60. The van der Waals surface area contributed by atoms with Gasteiger partial charge >= 0.3 is 12.1 Å². The number of nitrogens with one attached hydrogen (secondary N) is 1. The van der Waals surface area contributed by atoms with Crippen LogP contribution >= 0.6 is 0 Å². The largest absolute Gasteiger partial charge is 0.480 e. The lowest BCUT2D eigenvalue weighted by Gasteiger charge is -2.23. The van der Waals surface area contributed by atoms with Crippen LogP contribution in [0.25, 0.3) is 0 Å². The van der Waals surface area contributed by atoms with E-state index in [1.54, 1.807) is 20.8 Å². The molecule has 0 aromatic carbocycles. The highest BCUT2D eigenvalue weighted by Gasteiger charge is 2.29. The van der Waals surface area contributed by atoms with Crippen molar-refractivity contribution in [3.05, 3.63) is 0 Å². The second-order valence-corrected chi connectivity index (χ2v) is 6.19. The number of hydrogen-bond donors (Lipinski definition) is 2. The summed E-state index contributed by atoms with van der Waals surface area (Å²) in [6, 6.07) is -0.883. The molecule has 0 radical (unpaired) electrons. The zero-order chi connectivity index (χ0) is 14.6. The average molecular weight is 272 g/mol. The fraction of sp³-hybridized carbons (Fsp3) is 0.846. The number of carboxylic acid groups (broad SMARTS) is 1. The molecule has 19 heavy (non-hydrogen) atoms. The highest BCUT2D eigenvalue weighted by Crippen LogP contribution is 2.20. The number of alkyl carbamates (subject to hydrolysis) is 1. The first kappa shape index (κ1) is 15.8. The van der Waals surface area contributed by atoms with Crippen molar-refractivity contribution in [3.8, 4) is 0 Å². The summed E-state index contributed by atoms with van der Waals surface area (Å²) in [5, 5.41) is 11.6. The fourth-order valence-electron chi connectivity index (χ4n) is 2.22. The summed E-state index contributed by atoms with van der Waals surface area (Å²) in [6.45, 7) is 7.08. The van der Waals surface area contributed by atoms with Crippen molar-refractivity contribution in [2.24, 2.45) is 5.92 Å². The maximum atomic E-state index is 11.6. The van der Waals surface area contributed by atoms with Crippen LogP contribution in [0.15, 0.2) is 0 Å². The second kappa shape index (κ2) is 6.23. The number of ether oxygens (including phenoxy) is 1. The van der Waals surface area contributed by atoms with Gasteiger partial charge in [-0.3, -0.25) is 0 Å². The monoisotopic (exact) mass is 272 g/mol. The Kier molecular flexibility index (Phi) is 5.17. The fourth-order valence-corrected chi connectivity index (χ4v) is 2.22. The molecule has 1 fully saturated rings. The highest BCUT2D eigenvalue weighted by molar-refractivity contribution is 5.80. The Hall–Kier alpha value is -1.30. The number of carboxylic acids is 1. The van der Waals surface area contributed by atoms with Gasteiger partial charge in [-0.1, -0.05) is 0 Å². The molecule has 0 aromatic heterocycles. The van der Waals surface area contributed by atoms with E-state index in [4.69, 9.17) is 9.84 Å². The van der Waals surface area contributed by atoms with E-state index >= 15 is 0 Å². The van der Waals surface area contributed by atoms with Crippen LogP contribution in [0.4, 0.5) is 4.79 Å². The minimum Gasteiger partial charge on any atom is -0.480 e. The SMILES string of the molecule is CN1CCC(CC(NC(=O)OC(C)(C)C)C(=O)O)C1. The van der Waals surface area contributed by atoms with Crippen molar-refractivity contribution in [2.75, 3.05) is 20.1 Å². The van der Waals surface area contributed by atoms with Gasteiger partial charge < -0.3 is 20.1 Å². The van der Waals surface area contributed by atoms with E-state index in [0.29, 0.717) is 12.3 Å². The summed E-state index contributed by atoms with van der Waals surface area (Å²) < 4.78 is 5.08. The van der Waals surface area contributed by atoms with Crippen molar-refractivity contribution in [1.82, 2.24) is 10.2 Å². The first-order chi connectivity index (χ1) is 8.67. The van der Waals surface area contributed by atoms with Crippen LogP contribution in [0.5, 0.6) is 0 Å². The normalized spacial score (nSPS) is 22.0. The Morgan fingerprint density at radius 2 is 2.11 bits per heavy atom. The predicted octanol–water partition coefficient (Wildman–Crippen LogP) is 1.31. The molecule has 0 aliphatic carbocycles. The molecule has 1 aliphatic rings. The van der Waals surface area contributed by atoms with E-state index in [2.05, 4.69) is 10.2 Å². The molecule has 2 atom stereocenters. The van der Waals surface area contributed by atoms with Gasteiger partial charge in [-0.2, -0.15) is 0 Å². The van der Waals surface area contributed by atoms with Gasteiger partial charge in [0.2, 0.25) is 0 Å². The van der Waals surface area contributed by atoms with Crippen LogP contribution in [0.2, 0.25) is 0 Å². The molecule has 6 heteroatoms. The molecule has 1 aliphatic heterocycles. The molecule has 0 bridgehead atoms. The lowest BCUT2D eigenvalue weighted by atomic mass is 9.99. The maximum absolute atomic E-state index is 11.6. The summed E-state index contributed by atoms with van der Waals surface area (Å²) in [4.78, 5) is 25.0. The lowest BCUT2D eigenvalue weighted by Crippen LogP contribution is -2.44. The molecule has 2 N–H and O–H groups in total. The molecule has 6 nitrogen and oxygen atoms in total. The van der Waals surface area contributed by atoms with Gasteiger partial charge in [0.1, 0.15) is 11.6 Å². The summed E-state index contributed by atoms with van der Waals surface area (Å²) in [5.41, 5.74) is -0.624. The maximum Gasteiger partial charge on any atom is 0.408 e. The van der Waals surface area contributed by atoms with Gasteiger partial charge in [0.25, 0.3) is 0 Å². The minimum absolute atomic E-state index is 0.307. The summed E-state index contributed by atoms with van der Waals surface area (Å²) in [7, 11) is 2.01. The first-order valence-electron chi connectivity index (χ1n) is 6.58. The molecule has 1 heterocycles. The summed E-state index contributed by atoms with van der Waals surface area (Å²) >= 11 is 0. The highest BCUT2D eigenvalue weighted by atomic mass is 16.6. The van der Waals surface area contributed by atoms with Gasteiger partial charge in [0.05, 0.1) is 0 Å². The van der Waals surface area contributed by atoms with Gasteiger partial charge in [0, 0.05) is 6.54 Å². The third kappa shape index (κ3) is 5.92. The Balaban J connectivity index is 2.49. The van der Waals surface area contributed by atoms with E-state index < -0.39 is 23.7 Å². The number of carbonyl (C=O) groups is 2. The van der Waals surface area contributed by atoms with Crippen LogP contribution in [0.3, 0.4) is 0 Å². The predicted molar refractivity (Wildman–Crippen MR) is 71.0 cm³/mol. The molecule has 2 unspecified atom stereocenters. The van der Waals surface area contributed by atoms with Gasteiger partial charge in [-0.15, -0.1) is 0 Å². The van der Waals surface area contributed by atoms with Crippen molar-refractivity contribution in [1.29, 1.82) is 0 Å². The lowest BCUT2D eigenvalue weighted by molar-refractivity contribution is -0.140. The number of likely N-dealkylation sites (tertiary alicyclic amines) is 1. The van der Waals surface area contributed by atoms with Crippen molar-refractivity contribution in [2.45, 2.75) is 45.3 Å². The van der Waals surface area contributed by atoms with Gasteiger partial charge in [-0.25, -0.2) is 9.59 Å². The molecule has 1 rings (SSSR count). The van der Waals surface area contributed by atoms with E-state index in [-0.39, 0.29) is 0 Å². The van der Waals surface area contributed by atoms with Crippen LogP contribution in [0, 0.1) is 5.92 Å². The second-order valence-electron chi connectivity index (χ2n) is 6.19. The molecule has 110 valence electrons. The molecule has 0 spiro atoms. The quantitative estimate of drug-likeness (QED) is 0.806. The van der Waals surface area contributed by atoms with E-state index in [9.17, 15) is 9.59 Å². The van der Waals surface area contributed by atoms with E-state index in [1.165, 1.54) is 0 Å². The minimum atomic E-state index is -1.01. The molecular weight excluding hydrogens is 248 g/mol. The molecule has 0 aromatic rings. The third-order valence-corrected chi connectivity index (χ3v) is 3.05. The first-order valence-corrected chi connectivity index (χ1v) is 6.58. The van der Waals surface area contributed by atoms with Crippen LogP contribution in [-0.2, 0) is 9.53 Å². The van der Waals surface area contributed by atoms with Crippen molar-refractivity contribution in [3.63, 3.8) is 0 Å². The number of hydrogen-bond acceptors (Lipinski definition) is 4. The van der Waals surface area contributed by atoms with E-state index in [0.717, 1.165) is 19.5 Å². The number of rotatable bonds is 4.